The normalized spacial score (nSPS) is 12.2. The van der Waals surface area contributed by atoms with Gasteiger partial charge in [0.15, 0.2) is 0 Å². The summed E-state index contributed by atoms with van der Waals surface area (Å²) in [5, 5.41) is 8.94. The van der Waals surface area contributed by atoms with E-state index in [1.807, 2.05) is 30.3 Å². The third kappa shape index (κ3) is 7.95. The third-order valence-electron chi connectivity index (χ3n) is 3.36. The molecule has 3 nitrogen and oxygen atoms in total. The van der Waals surface area contributed by atoms with Crippen LogP contribution in [0.3, 0.4) is 0 Å². The largest absolute Gasteiger partial charge is 0.481 e. The molecule has 0 radical (unpaired) electrons. The molecule has 112 valence electrons. The molecule has 0 amide bonds. The first kappa shape index (κ1) is 16.7. The molecular weight excluding hydrogens is 252 g/mol. The van der Waals surface area contributed by atoms with Crippen LogP contribution in [-0.2, 0) is 16.1 Å². The van der Waals surface area contributed by atoms with Crippen molar-refractivity contribution in [2.24, 2.45) is 0 Å². The molecule has 0 bridgehead atoms. The molecule has 0 aromatic heterocycles. The number of carboxylic acids is 1. The maximum absolute atomic E-state index is 10.9. The topological polar surface area (TPSA) is 46.5 Å². The van der Waals surface area contributed by atoms with Gasteiger partial charge in [-0.1, -0.05) is 69.4 Å². The Hall–Kier alpha value is -1.35. The van der Waals surface area contributed by atoms with Gasteiger partial charge < -0.3 is 9.84 Å². The Morgan fingerprint density at radius 2 is 1.85 bits per heavy atom. The Morgan fingerprint density at radius 1 is 1.15 bits per heavy atom. The van der Waals surface area contributed by atoms with Crippen LogP contribution < -0.4 is 0 Å². The van der Waals surface area contributed by atoms with Gasteiger partial charge in [0.2, 0.25) is 0 Å². The Morgan fingerprint density at radius 3 is 2.50 bits per heavy atom. The molecule has 0 spiro atoms. The van der Waals surface area contributed by atoms with E-state index in [0.29, 0.717) is 6.61 Å². The number of ether oxygens (including phenoxy) is 1. The lowest BCUT2D eigenvalue weighted by atomic mass is 10.1. The summed E-state index contributed by atoms with van der Waals surface area (Å²) in [5.74, 6) is -0.781. The molecule has 1 aromatic rings. The second kappa shape index (κ2) is 10.4. The Labute approximate surface area is 122 Å². The number of aliphatic carboxylic acids is 1. The Kier molecular flexibility index (Phi) is 8.72. The van der Waals surface area contributed by atoms with Gasteiger partial charge in [0.1, 0.15) is 0 Å². The first-order chi connectivity index (χ1) is 9.72. The average molecular weight is 278 g/mol. The smallest absolute Gasteiger partial charge is 0.305 e. The van der Waals surface area contributed by atoms with Crippen LogP contribution in [0.1, 0.15) is 57.4 Å². The van der Waals surface area contributed by atoms with Crippen molar-refractivity contribution >= 4 is 5.97 Å². The lowest BCUT2D eigenvalue weighted by Gasteiger charge is -2.16. The van der Waals surface area contributed by atoms with E-state index in [1.54, 1.807) is 0 Å². The van der Waals surface area contributed by atoms with Gasteiger partial charge >= 0.3 is 5.97 Å². The quantitative estimate of drug-likeness (QED) is 0.610. The predicted octanol–water partition coefficient (Wildman–Crippen LogP) is 4.41. The lowest BCUT2D eigenvalue weighted by Crippen LogP contribution is -2.17. The van der Waals surface area contributed by atoms with Crippen molar-refractivity contribution in [2.45, 2.75) is 64.6 Å². The van der Waals surface area contributed by atoms with Crippen LogP contribution in [0.5, 0.6) is 0 Å². The van der Waals surface area contributed by atoms with E-state index in [9.17, 15) is 4.79 Å². The van der Waals surface area contributed by atoms with Crippen LogP contribution in [0.2, 0.25) is 0 Å². The molecule has 0 saturated heterocycles. The lowest BCUT2D eigenvalue weighted by molar-refractivity contribution is -0.140. The summed E-state index contributed by atoms with van der Waals surface area (Å²) in [6.07, 6.45) is 6.69. The van der Waals surface area contributed by atoms with Crippen LogP contribution in [0.15, 0.2) is 30.3 Å². The fourth-order valence-corrected chi connectivity index (χ4v) is 2.20. The van der Waals surface area contributed by atoms with Gasteiger partial charge in [0.05, 0.1) is 19.1 Å². The fourth-order valence-electron chi connectivity index (χ4n) is 2.20. The van der Waals surface area contributed by atoms with Crippen molar-refractivity contribution in [2.75, 3.05) is 0 Å². The number of benzene rings is 1. The van der Waals surface area contributed by atoms with Crippen LogP contribution in [-0.4, -0.2) is 17.2 Å². The van der Waals surface area contributed by atoms with Gasteiger partial charge in [-0.25, -0.2) is 0 Å². The summed E-state index contributed by atoms with van der Waals surface area (Å²) in [5.41, 5.74) is 1.09. The van der Waals surface area contributed by atoms with Gasteiger partial charge in [0.25, 0.3) is 0 Å². The molecule has 0 unspecified atom stereocenters. The van der Waals surface area contributed by atoms with Crippen LogP contribution in [0, 0.1) is 0 Å². The van der Waals surface area contributed by atoms with Gasteiger partial charge in [0, 0.05) is 0 Å². The number of hydrogen-bond acceptors (Lipinski definition) is 2. The number of hydrogen-bond donors (Lipinski definition) is 1. The van der Waals surface area contributed by atoms with E-state index in [1.165, 1.54) is 25.7 Å². The van der Waals surface area contributed by atoms with Crippen LogP contribution in [0.4, 0.5) is 0 Å². The minimum atomic E-state index is -0.781. The molecule has 0 heterocycles. The molecule has 0 aliphatic heterocycles. The zero-order valence-electron chi connectivity index (χ0n) is 12.4. The monoisotopic (exact) mass is 278 g/mol. The molecule has 0 fully saturated rings. The Bertz CT molecular complexity index is 362. The molecule has 1 aromatic carbocycles. The van der Waals surface area contributed by atoms with Crippen molar-refractivity contribution in [3.05, 3.63) is 35.9 Å². The maximum atomic E-state index is 10.9. The summed E-state index contributed by atoms with van der Waals surface area (Å²) in [6, 6.07) is 9.90. The summed E-state index contributed by atoms with van der Waals surface area (Å²) in [7, 11) is 0. The van der Waals surface area contributed by atoms with E-state index < -0.39 is 5.97 Å². The predicted molar refractivity (Wildman–Crippen MR) is 80.6 cm³/mol. The standard InChI is InChI=1S/C17H26O3/c1-2-3-4-5-9-12-16(13-17(18)19)20-14-15-10-7-6-8-11-15/h6-8,10-11,16H,2-5,9,12-14H2,1H3,(H,18,19)/t16-/m0/s1. The minimum Gasteiger partial charge on any atom is -0.481 e. The van der Waals surface area contributed by atoms with E-state index in [2.05, 4.69) is 6.92 Å². The summed E-state index contributed by atoms with van der Waals surface area (Å²) < 4.78 is 5.76. The molecule has 0 aliphatic carbocycles. The second-order valence-electron chi connectivity index (χ2n) is 5.22. The van der Waals surface area contributed by atoms with E-state index in [4.69, 9.17) is 9.84 Å². The highest BCUT2D eigenvalue weighted by Gasteiger charge is 2.13. The van der Waals surface area contributed by atoms with Crippen molar-refractivity contribution in [3.63, 3.8) is 0 Å². The van der Waals surface area contributed by atoms with Gasteiger partial charge in [-0.3, -0.25) is 4.79 Å². The maximum Gasteiger partial charge on any atom is 0.305 e. The van der Waals surface area contributed by atoms with Crippen molar-refractivity contribution in [1.29, 1.82) is 0 Å². The van der Waals surface area contributed by atoms with Crippen molar-refractivity contribution in [3.8, 4) is 0 Å². The van der Waals surface area contributed by atoms with E-state index in [0.717, 1.165) is 18.4 Å². The van der Waals surface area contributed by atoms with Gasteiger partial charge in [-0.05, 0) is 12.0 Å². The highest BCUT2D eigenvalue weighted by Crippen LogP contribution is 2.14. The zero-order valence-corrected chi connectivity index (χ0v) is 12.4. The number of rotatable bonds is 11. The first-order valence-corrected chi connectivity index (χ1v) is 7.59. The van der Waals surface area contributed by atoms with Gasteiger partial charge in [-0.2, -0.15) is 0 Å². The fraction of sp³-hybridized carbons (Fsp3) is 0.588. The highest BCUT2D eigenvalue weighted by atomic mass is 16.5. The Balaban J connectivity index is 2.30. The van der Waals surface area contributed by atoms with Crippen molar-refractivity contribution < 1.29 is 14.6 Å². The zero-order chi connectivity index (χ0) is 14.6. The van der Waals surface area contributed by atoms with Crippen LogP contribution >= 0.6 is 0 Å². The second-order valence-corrected chi connectivity index (χ2v) is 5.22. The number of carboxylic acid groups (broad SMARTS) is 1. The molecule has 0 aliphatic rings. The molecule has 1 atom stereocenters. The van der Waals surface area contributed by atoms with E-state index >= 15 is 0 Å². The molecule has 1 N–H and O–H groups in total. The first-order valence-electron chi connectivity index (χ1n) is 7.59. The molecule has 20 heavy (non-hydrogen) atoms. The molecule has 0 saturated carbocycles. The van der Waals surface area contributed by atoms with E-state index in [-0.39, 0.29) is 12.5 Å². The SMILES string of the molecule is CCCCCCC[C@@H](CC(=O)O)OCc1ccccc1. The number of unbranched alkanes of at least 4 members (excludes halogenated alkanes) is 4. The summed E-state index contributed by atoms with van der Waals surface area (Å²) in [6.45, 7) is 2.68. The molecule has 3 heteroatoms. The van der Waals surface area contributed by atoms with Crippen LogP contribution in [0.25, 0.3) is 0 Å². The number of carbonyl (C=O) groups is 1. The third-order valence-corrected chi connectivity index (χ3v) is 3.36. The van der Waals surface area contributed by atoms with Crippen molar-refractivity contribution in [1.82, 2.24) is 0 Å². The summed E-state index contributed by atoms with van der Waals surface area (Å²) in [4.78, 5) is 10.9. The average Bonchev–Trinajstić information content (AvgIpc) is 2.45. The highest BCUT2D eigenvalue weighted by molar-refractivity contribution is 5.67. The summed E-state index contributed by atoms with van der Waals surface area (Å²) >= 11 is 0. The molecular formula is C17H26O3. The molecule has 1 rings (SSSR count). The minimum absolute atomic E-state index is 0.0978. The van der Waals surface area contributed by atoms with Gasteiger partial charge in [-0.15, -0.1) is 0 Å².